The Morgan fingerprint density at radius 2 is 1.76 bits per heavy atom. The predicted octanol–water partition coefficient (Wildman–Crippen LogP) is 3.46. The third kappa shape index (κ3) is 4.84. The van der Waals surface area contributed by atoms with Crippen LogP contribution in [0, 0.1) is 0 Å². The largest absolute Gasteiger partial charge is 0.350 e. The van der Waals surface area contributed by atoms with Crippen LogP contribution in [0.2, 0.25) is 5.02 Å². The predicted molar refractivity (Wildman–Crippen MR) is 125 cm³/mol. The average molecular weight is 484 g/mol. The summed E-state index contributed by atoms with van der Waals surface area (Å²) >= 11 is 6.93. The van der Waals surface area contributed by atoms with E-state index < -0.39 is 17.1 Å². The van der Waals surface area contributed by atoms with Gasteiger partial charge in [-0.3, -0.25) is 33.8 Å². The highest BCUT2D eigenvalue weighted by atomic mass is 35.5. The number of imide groups is 2. The molecule has 2 saturated heterocycles. The SMILES string of the molecule is O=C(NCCN1C(=O)S/C(=C/c2ccccc2Cl)C1=O)c1cccc(N2C(=O)CCC2=O)c1. The molecule has 0 unspecified atom stereocenters. The summed E-state index contributed by atoms with van der Waals surface area (Å²) in [6.45, 7) is 0.0428. The van der Waals surface area contributed by atoms with Gasteiger partial charge in [0.05, 0.1) is 10.6 Å². The Morgan fingerprint density at radius 3 is 2.48 bits per heavy atom. The quantitative estimate of drug-likeness (QED) is 0.498. The molecule has 2 aliphatic heterocycles. The van der Waals surface area contributed by atoms with E-state index in [0.29, 0.717) is 16.3 Å². The molecule has 0 aromatic heterocycles. The second-order valence-corrected chi connectivity index (χ2v) is 8.68. The molecule has 2 fully saturated rings. The van der Waals surface area contributed by atoms with Crippen LogP contribution >= 0.6 is 23.4 Å². The van der Waals surface area contributed by atoms with Gasteiger partial charge in [0.25, 0.3) is 17.1 Å². The van der Waals surface area contributed by atoms with Crippen molar-refractivity contribution in [2.75, 3.05) is 18.0 Å². The van der Waals surface area contributed by atoms with Crippen LogP contribution in [-0.4, -0.2) is 46.9 Å². The van der Waals surface area contributed by atoms with Gasteiger partial charge in [0.2, 0.25) is 11.8 Å². The Balaban J connectivity index is 1.37. The maximum Gasteiger partial charge on any atom is 0.293 e. The molecule has 4 rings (SSSR count). The minimum Gasteiger partial charge on any atom is -0.350 e. The first kappa shape index (κ1) is 22.8. The number of nitrogens with zero attached hydrogens (tertiary/aromatic N) is 2. The number of carbonyl (C=O) groups excluding carboxylic acids is 5. The number of benzene rings is 2. The molecule has 0 saturated carbocycles. The maximum atomic E-state index is 12.6. The summed E-state index contributed by atoms with van der Waals surface area (Å²) in [4.78, 5) is 63.7. The molecule has 10 heteroatoms. The zero-order valence-corrected chi connectivity index (χ0v) is 18.8. The third-order valence-electron chi connectivity index (χ3n) is 5.10. The molecule has 33 heavy (non-hydrogen) atoms. The molecule has 2 aliphatic rings. The highest BCUT2D eigenvalue weighted by Gasteiger charge is 2.35. The molecule has 168 valence electrons. The zero-order valence-electron chi connectivity index (χ0n) is 17.2. The number of thioether (sulfide) groups is 1. The zero-order chi connectivity index (χ0) is 23.5. The van der Waals surface area contributed by atoms with Crippen molar-refractivity contribution < 1.29 is 24.0 Å². The number of amides is 5. The van der Waals surface area contributed by atoms with E-state index in [9.17, 15) is 24.0 Å². The fourth-order valence-corrected chi connectivity index (χ4v) is 4.51. The number of rotatable bonds is 6. The minimum atomic E-state index is -0.452. The van der Waals surface area contributed by atoms with E-state index >= 15 is 0 Å². The third-order valence-corrected chi connectivity index (χ3v) is 6.36. The van der Waals surface area contributed by atoms with Gasteiger partial charge in [-0.25, -0.2) is 0 Å². The number of halogens is 1. The van der Waals surface area contributed by atoms with Crippen LogP contribution in [-0.2, 0) is 14.4 Å². The van der Waals surface area contributed by atoms with Crippen molar-refractivity contribution in [2.24, 2.45) is 0 Å². The van der Waals surface area contributed by atoms with E-state index in [1.807, 2.05) is 0 Å². The Kier molecular flexibility index (Phi) is 6.62. The molecule has 0 spiro atoms. The standard InChI is InChI=1S/C23H18ClN3O5S/c24-17-7-2-1-4-14(17)13-18-22(31)26(23(32)33-18)11-10-25-21(30)15-5-3-6-16(12-15)27-19(28)8-9-20(27)29/h1-7,12-13H,8-11H2,(H,25,30)/b18-13+. The van der Waals surface area contributed by atoms with Gasteiger partial charge in [-0.05, 0) is 47.7 Å². The minimum absolute atomic E-state index is 0.000936. The first-order chi connectivity index (χ1) is 15.8. The first-order valence-electron chi connectivity index (χ1n) is 10.1. The lowest BCUT2D eigenvalue weighted by molar-refractivity contribution is -0.123. The molecule has 5 amide bonds. The molecular weight excluding hydrogens is 466 g/mol. The van der Waals surface area contributed by atoms with Crippen molar-refractivity contribution in [1.29, 1.82) is 0 Å². The van der Waals surface area contributed by atoms with E-state index in [4.69, 9.17) is 11.6 Å². The monoisotopic (exact) mass is 483 g/mol. The summed E-state index contributed by atoms with van der Waals surface area (Å²) in [7, 11) is 0. The molecule has 2 heterocycles. The molecule has 0 bridgehead atoms. The van der Waals surface area contributed by atoms with Crippen molar-refractivity contribution in [3.8, 4) is 0 Å². The van der Waals surface area contributed by atoms with Crippen LogP contribution in [0.3, 0.4) is 0 Å². The van der Waals surface area contributed by atoms with Crippen LogP contribution in [0.1, 0.15) is 28.8 Å². The Bertz CT molecular complexity index is 1200. The Labute approximate surface area is 198 Å². The van der Waals surface area contributed by atoms with Crippen molar-refractivity contribution in [2.45, 2.75) is 12.8 Å². The summed E-state index contributed by atoms with van der Waals surface area (Å²) in [6.07, 6.45) is 1.87. The average Bonchev–Trinajstić information content (AvgIpc) is 3.27. The van der Waals surface area contributed by atoms with Crippen LogP contribution in [0.25, 0.3) is 6.08 Å². The number of hydrogen-bond acceptors (Lipinski definition) is 6. The summed E-state index contributed by atoms with van der Waals surface area (Å²) < 4.78 is 0. The molecule has 0 atom stereocenters. The molecule has 1 N–H and O–H groups in total. The number of nitrogens with one attached hydrogen (secondary N) is 1. The fraction of sp³-hybridized carbons (Fsp3) is 0.174. The van der Waals surface area contributed by atoms with Crippen molar-refractivity contribution >= 4 is 64.0 Å². The molecular formula is C23H18ClN3O5S. The van der Waals surface area contributed by atoms with E-state index in [1.165, 1.54) is 6.07 Å². The van der Waals surface area contributed by atoms with Crippen LogP contribution in [0.4, 0.5) is 10.5 Å². The lowest BCUT2D eigenvalue weighted by Gasteiger charge is -2.15. The van der Waals surface area contributed by atoms with Gasteiger partial charge in [-0.2, -0.15) is 0 Å². The first-order valence-corrected chi connectivity index (χ1v) is 11.3. The normalized spacial score (nSPS) is 17.4. The van der Waals surface area contributed by atoms with Gasteiger partial charge in [0, 0.05) is 36.5 Å². The summed E-state index contributed by atoms with van der Waals surface area (Å²) in [5, 5.41) is 2.70. The summed E-state index contributed by atoms with van der Waals surface area (Å²) in [5.41, 5.74) is 1.23. The van der Waals surface area contributed by atoms with Crippen molar-refractivity contribution in [3.63, 3.8) is 0 Å². The molecule has 2 aromatic carbocycles. The van der Waals surface area contributed by atoms with Gasteiger partial charge >= 0.3 is 0 Å². The van der Waals surface area contributed by atoms with Crippen LogP contribution < -0.4 is 10.2 Å². The van der Waals surface area contributed by atoms with Gasteiger partial charge in [-0.1, -0.05) is 35.9 Å². The van der Waals surface area contributed by atoms with Crippen LogP contribution in [0.5, 0.6) is 0 Å². The summed E-state index contributed by atoms with van der Waals surface area (Å²) in [5.74, 6) is -1.51. The van der Waals surface area contributed by atoms with E-state index in [2.05, 4.69) is 5.32 Å². The Morgan fingerprint density at radius 1 is 1.03 bits per heavy atom. The second-order valence-electron chi connectivity index (χ2n) is 7.28. The number of hydrogen-bond donors (Lipinski definition) is 1. The molecule has 2 aromatic rings. The number of anilines is 1. The van der Waals surface area contributed by atoms with Crippen molar-refractivity contribution in [1.82, 2.24) is 10.2 Å². The van der Waals surface area contributed by atoms with E-state index in [1.54, 1.807) is 48.5 Å². The lowest BCUT2D eigenvalue weighted by atomic mass is 10.1. The van der Waals surface area contributed by atoms with Gasteiger partial charge < -0.3 is 5.32 Å². The van der Waals surface area contributed by atoms with Gasteiger partial charge in [0.1, 0.15) is 0 Å². The maximum absolute atomic E-state index is 12.6. The topological polar surface area (TPSA) is 104 Å². The van der Waals surface area contributed by atoms with Crippen LogP contribution in [0.15, 0.2) is 53.4 Å². The highest BCUT2D eigenvalue weighted by Crippen LogP contribution is 2.33. The van der Waals surface area contributed by atoms with Gasteiger partial charge in [-0.15, -0.1) is 0 Å². The second kappa shape index (κ2) is 9.60. The molecule has 0 aliphatic carbocycles. The summed E-state index contributed by atoms with van der Waals surface area (Å²) in [6, 6.07) is 13.2. The fourth-order valence-electron chi connectivity index (χ4n) is 3.46. The van der Waals surface area contributed by atoms with E-state index in [0.717, 1.165) is 21.6 Å². The lowest BCUT2D eigenvalue weighted by Crippen LogP contribution is -2.37. The molecule has 0 radical (unpaired) electrons. The van der Waals surface area contributed by atoms with Gasteiger partial charge in [0.15, 0.2) is 0 Å². The molecule has 8 nitrogen and oxygen atoms in total. The van der Waals surface area contributed by atoms with E-state index in [-0.39, 0.29) is 48.2 Å². The smallest absolute Gasteiger partial charge is 0.293 e. The van der Waals surface area contributed by atoms with Crippen molar-refractivity contribution in [3.05, 3.63) is 69.6 Å². The Hall–Kier alpha value is -3.43. The number of carbonyl (C=O) groups is 5. The highest BCUT2D eigenvalue weighted by molar-refractivity contribution is 8.18.